The van der Waals surface area contributed by atoms with Crippen molar-refractivity contribution in [1.29, 1.82) is 0 Å². The van der Waals surface area contributed by atoms with Gasteiger partial charge in [0.2, 0.25) is 5.95 Å². The highest BCUT2D eigenvalue weighted by atomic mass is 32.1. The van der Waals surface area contributed by atoms with Crippen LogP contribution in [0.25, 0.3) is 11.4 Å². The Morgan fingerprint density at radius 3 is 2.67 bits per heavy atom. The zero-order valence-corrected chi connectivity index (χ0v) is 22.3. The fourth-order valence-electron chi connectivity index (χ4n) is 5.17. The lowest BCUT2D eigenvalue weighted by atomic mass is 10.0. The van der Waals surface area contributed by atoms with Crippen LogP contribution < -0.4 is 16.0 Å². The molecule has 0 radical (unpaired) electrons. The van der Waals surface area contributed by atoms with Crippen molar-refractivity contribution in [3.63, 3.8) is 0 Å². The minimum Gasteiger partial charge on any atom is -0.392 e. The lowest BCUT2D eigenvalue weighted by Gasteiger charge is -2.28. The first-order chi connectivity index (χ1) is 19.1. The molecule has 2 aliphatic rings. The first-order valence-electron chi connectivity index (χ1n) is 13.2. The largest absolute Gasteiger partial charge is 0.392 e. The van der Waals surface area contributed by atoms with E-state index in [1.54, 1.807) is 17.4 Å². The van der Waals surface area contributed by atoms with E-state index < -0.39 is 0 Å². The van der Waals surface area contributed by atoms with Gasteiger partial charge in [0, 0.05) is 46.9 Å². The van der Waals surface area contributed by atoms with Crippen LogP contribution in [0, 0.1) is 0 Å². The van der Waals surface area contributed by atoms with Gasteiger partial charge in [-0.3, -0.25) is 4.79 Å². The Kier molecular flexibility index (Phi) is 7.23. The number of carbonyl (C=O) groups excluding carboxylic acids is 1. The second-order valence-electron chi connectivity index (χ2n) is 9.73. The highest BCUT2D eigenvalue weighted by Crippen LogP contribution is 2.32. The molecule has 1 saturated heterocycles. The number of nitrogens with zero attached hydrogens (tertiary/aromatic N) is 4. The van der Waals surface area contributed by atoms with E-state index in [1.165, 1.54) is 10.4 Å². The van der Waals surface area contributed by atoms with E-state index in [2.05, 4.69) is 49.4 Å². The molecule has 3 heterocycles. The molecule has 1 fully saturated rings. The molecular formula is C29H30N6O3S. The van der Waals surface area contributed by atoms with Crippen LogP contribution in [-0.2, 0) is 30.6 Å². The number of morpholine rings is 1. The number of nitrogens with two attached hydrogens (primary N) is 1. The third-order valence-electron chi connectivity index (χ3n) is 7.17. The molecule has 4 aromatic rings. The van der Waals surface area contributed by atoms with Crippen molar-refractivity contribution in [3.8, 4) is 11.4 Å². The number of hydrogen-bond acceptors (Lipinski definition) is 9. The zero-order valence-electron chi connectivity index (χ0n) is 21.5. The minimum absolute atomic E-state index is 0.103. The van der Waals surface area contributed by atoms with Crippen LogP contribution in [0.5, 0.6) is 0 Å². The van der Waals surface area contributed by atoms with E-state index in [9.17, 15) is 9.90 Å². The van der Waals surface area contributed by atoms with Crippen LogP contribution in [0.4, 0.5) is 17.3 Å². The quantitative estimate of drug-likeness (QED) is 0.322. The molecule has 0 atom stereocenters. The maximum atomic E-state index is 13.0. The van der Waals surface area contributed by atoms with Crippen LogP contribution in [0.2, 0.25) is 0 Å². The number of hydrogen-bond donors (Lipinski definition) is 3. The van der Waals surface area contributed by atoms with Crippen molar-refractivity contribution < 1.29 is 14.6 Å². The van der Waals surface area contributed by atoms with Crippen LogP contribution >= 0.6 is 11.3 Å². The van der Waals surface area contributed by atoms with Crippen molar-refractivity contribution in [2.24, 2.45) is 0 Å². The third-order valence-corrected chi connectivity index (χ3v) is 8.40. The Morgan fingerprint density at radius 2 is 1.90 bits per heavy atom. The summed E-state index contributed by atoms with van der Waals surface area (Å²) in [5.41, 5.74) is 11.2. The normalized spacial score (nSPS) is 14.8. The second-order valence-corrected chi connectivity index (χ2v) is 10.9. The summed E-state index contributed by atoms with van der Waals surface area (Å²) in [5, 5.41) is 13.3. The van der Waals surface area contributed by atoms with E-state index in [1.807, 2.05) is 18.2 Å². The summed E-state index contributed by atoms with van der Waals surface area (Å²) in [6.45, 7) is 2.96. The standard InChI is InChI=1S/C29H30N6O3S/c30-29-33-26(15-18-7-9-20(10-8-18)35-11-13-38-14-12-35)32-27(34-29)21-4-2-5-23(22(21)17-36)31-28(37)25-16-19-3-1-6-24(19)39-25/h2,4-5,7-10,16,36H,1,3,6,11-15,17H2,(H,31,37)(H2,30,32,33,34). The summed E-state index contributed by atoms with van der Waals surface area (Å²) >= 11 is 1.54. The van der Waals surface area contributed by atoms with Crippen molar-refractivity contribution >= 4 is 34.6 Å². The van der Waals surface area contributed by atoms with Crippen molar-refractivity contribution in [3.05, 3.63) is 80.8 Å². The number of nitrogen functional groups attached to an aromatic ring is 1. The van der Waals surface area contributed by atoms with Gasteiger partial charge < -0.3 is 25.8 Å². The highest BCUT2D eigenvalue weighted by Gasteiger charge is 2.21. The van der Waals surface area contributed by atoms with Crippen LogP contribution in [0.3, 0.4) is 0 Å². The van der Waals surface area contributed by atoms with Gasteiger partial charge in [-0.1, -0.05) is 24.3 Å². The Bertz CT molecular complexity index is 1480. The number of carbonyl (C=O) groups is 1. The first kappa shape index (κ1) is 25.4. The van der Waals surface area contributed by atoms with Crippen LogP contribution in [0.1, 0.15) is 43.5 Å². The molecule has 0 bridgehead atoms. The number of ether oxygens (including phenoxy) is 1. The number of nitrogens with one attached hydrogen (secondary N) is 1. The van der Waals surface area contributed by atoms with E-state index in [-0.39, 0.29) is 18.5 Å². The molecule has 2 aromatic heterocycles. The molecule has 10 heteroatoms. The molecular weight excluding hydrogens is 512 g/mol. The number of aliphatic hydroxyl groups excluding tert-OH is 1. The fraction of sp³-hybridized carbons (Fsp3) is 0.310. The second kappa shape index (κ2) is 11.1. The number of aromatic nitrogens is 3. The summed E-state index contributed by atoms with van der Waals surface area (Å²) in [6, 6.07) is 15.7. The monoisotopic (exact) mass is 542 g/mol. The average Bonchev–Trinajstić information content (AvgIpc) is 3.57. The number of amides is 1. The van der Waals surface area contributed by atoms with E-state index in [0.29, 0.717) is 39.8 Å². The SMILES string of the molecule is Nc1nc(Cc2ccc(N3CCOCC3)cc2)nc(-c2cccc(NC(=O)c3cc4c(s3)CCC4)c2CO)n1. The maximum Gasteiger partial charge on any atom is 0.265 e. The molecule has 1 amide bonds. The third kappa shape index (κ3) is 5.49. The molecule has 200 valence electrons. The number of aryl methyl sites for hydroxylation is 2. The summed E-state index contributed by atoms with van der Waals surface area (Å²) in [7, 11) is 0. The van der Waals surface area contributed by atoms with Gasteiger partial charge in [-0.15, -0.1) is 11.3 Å². The molecule has 9 nitrogen and oxygen atoms in total. The van der Waals surface area contributed by atoms with Gasteiger partial charge in [0.25, 0.3) is 5.91 Å². The lowest BCUT2D eigenvalue weighted by Crippen LogP contribution is -2.36. The maximum absolute atomic E-state index is 13.0. The summed E-state index contributed by atoms with van der Waals surface area (Å²) in [6.07, 6.45) is 3.69. The van der Waals surface area contributed by atoms with Crippen molar-refractivity contribution in [2.75, 3.05) is 42.3 Å². The fourth-order valence-corrected chi connectivity index (χ4v) is 6.32. The summed E-state index contributed by atoms with van der Waals surface area (Å²) in [5.74, 6) is 0.810. The Balaban J connectivity index is 1.23. The Hall–Kier alpha value is -3.86. The highest BCUT2D eigenvalue weighted by molar-refractivity contribution is 7.14. The molecule has 0 unspecified atom stereocenters. The predicted molar refractivity (Wildman–Crippen MR) is 152 cm³/mol. The zero-order chi connectivity index (χ0) is 26.8. The summed E-state index contributed by atoms with van der Waals surface area (Å²) < 4.78 is 5.45. The topological polar surface area (TPSA) is 126 Å². The van der Waals surface area contributed by atoms with E-state index in [4.69, 9.17) is 10.5 Å². The van der Waals surface area contributed by atoms with Gasteiger partial charge in [0.1, 0.15) is 5.82 Å². The van der Waals surface area contributed by atoms with Crippen molar-refractivity contribution in [1.82, 2.24) is 15.0 Å². The van der Waals surface area contributed by atoms with Gasteiger partial charge >= 0.3 is 0 Å². The molecule has 0 saturated carbocycles. The average molecular weight is 543 g/mol. The van der Waals surface area contributed by atoms with E-state index >= 15 is 0 Å². The number of anilines is 3. The minimum atomic E-state index is -0.295. The molecule has 1 aliphatic heterocycles. The number of thiophene rings is 1. The Morgan fingerprint density at radius 1 is 1.08 bits per heavy atom. The molecule has 0 spiro atoms. The van der Waals surface area contributed by atoms with Gasteiger partial charge in [-0.05, 0) is 54.7 Å². The van der Waals surface area contributed by atoms with Crippen LogP contribution in [0.15, 0.2) is 48.5 Å². The molecule has 1 aliphatic carbocycles. The van der Waals surface area contributed by atoms with Gasteiger partial charge in [0.15, 0.2) is 5.82 Å². The van der Waals surface area contributed by atoms with Gasteiger partial charge in [-0.2, -0.15) is 9.97 Å². The number of rotatable bonds is 7. The number of benzene rings is 2. The lowest BCUT2D eigenvalue weighted by molar-refractivity contribution is 0.103. The first-order valence-corrected chi connectivity index (χ1v) is 14.0. The molecule has 39 heavy (non-hydrogen) atoms. The van der Waals surface area contributed by atoms with Gasteiger partial charge in [0.05, 0.1) is 24.7 Å². The summed E-state index contributed by atoms with van der Waals surface area (Å²) in [4.78, 5) is 30.7. The molecule has 4 N–H and O–H groups in total. The van der Waals surface area contributed by atoms with Gasteiger partial charge in [-0.25, -0.2) is 4.98 Å². The Labute approximate surface area is 230 Å². The molecule has 2 aromatic carbocycles. The van der Waals surface area contributed by atoms with Crippen LogP contribution in [-0.4, -0.2) is 52.3 Å². The van der Waals surface area contributed by atoms with E-state index in [0.717, 1.165) is 56.8 Å². The predicted octanol–water partition coefficient (Wildman–Crippen LogP) is 3.84. The number of fused-ring (bicyclic) bond motifs is 1. The smallest absolute Gasteiger partial charge is 0.265 e. The van der Waals surface area contributed by atoms with Crippen molar-refractivity contribution in [2.45, 2.75) is 32.3 Å². The number of aliphatic hydroxyl groups is 1. The molecule has 6 rings (SSSR count).